The summed E-state index contributed by atoms with van der Waals surface area (Å²) in [7, 11) is 2.22. The maximum Gasteiger partial charge on any atom is 0.191 e. The summed E-state index contributed by atoms with van der Waals surface area (Å²) in [5.41, 5.74) is 1.16. The van der Waals surface area contributed by atoms with E-state index in [4.69, 9.17) is 4.99 Å². The third kappa shape index (κ3) is 6.78. The third-order valence-electron chi connectivity index (χ3n) is 5.61. The number of hydrogen-bond acceptors (Lipinski definition) is 4. The highest BCUT2D eigenvalue weighted by atomic mass is 15.2. The first-order chi connectivity index (χ1) is 13.2. The second kappa shape index (κ2) is 10.6. The van der Waals surface area contributed by atoms with Gasteiger partial charge in [-0.05, 0) is 64.3 Å². The molecule has 3 heterocycles. The van der Waals surface area contributed by atoms with Gasteiger partial charge in [-0.15, -0.1) is 0 Å². The van der Waals surface area contributed by atoms with E-state index >= 15 is 0 Å². The molecule has 2 N–H and O–H groups in total. The number of hydrogen-bond donors (Lipinski definition) is 2. The van der Waals surface area contributed by atoms with E-state index < -0.39 is 0 Å². The van der Waals surface area contributed by atoms with Gasteiger partial charge in [0, 0.05) is 51.5 Å². The maximum absolute atomic E-state index is 4.90. The van der Waals surface area contributed by atoms with Crippen molar-refractivity contribution in [3.05, 3.63) is 30.1 Å². The van der Waals surface area contributed by atoms with Crippen LogP contribution in [0.2, 0.25) is 0 Å². The van der Waals surface area contributed by atoms with E-state index in [0.29, 0.717) is 12.0 Å². The van der Waals surface area contributed by atoms with Gasteiger partial charge in [-0.1, -0.05) is 6.07 Å². The van der Waals surface area contributed by atoms with Gasteiger partial charge in [0.15, 0.2) is 5.96 Å². The van der Waals surface area contributed by atoms with E-state index in [2.05, 4.69) is 51.5 Å². The van der Waals surface area contributed by atoms with Crippen LogP contribution in [0.25, 0.3) is 0 Å². The minimum atomic E-state index is 0.511. The maximum atomic E-state index is 4.90. The van der Waals surface area contributed by atoms with Gasteiger partial charge in [-0.25, -0.2) is 0 Å². The lowest BCUT2D eigenvalue weighted by Crippen LogP contribution is -2.48. The smallest absolute Gasteiger partial charge is 0.191 e. The molecule has 6 nitrogen and oxygen atoms in total. The largest absolute Gasteiger partial charge is 0.357 e. The Morgan fingerprint density at radius 1 is 1.22 bits per heavy atom. The molecule has 1 unspecified atom stereocenters. The molecule has 2 fully saturated rings. The molecule has 1 atom stereocenters. The average Bonchev–Trinajstić information content (AvgIpc) is 2.69. The average molecular weight is 373 g/mol. The molecular formula is C21H36N6. The van der Waals surface area contributed by atoms with E-state index in [9.17, 15) is 0 Å². The van der Waals surface area contributed by atoms with Crippen molar-refractivity contribution in [2.45, 2.75) is 45.2 Å². The topological polar surface area (TPSA) is 55.8 Å². The zero-order valence-corrected chi connectivity index (χ0v) is 17.0. The molecule has 1 aromatic rings. The standard InChI is InChI=1S/C21H36N6/c1-3-22-21(24-15-18-7-6-12-26(2)16-18)25-19-9-13-27(14-10-19)17-20-8-4-5-11-23-20/h4-5,8,11,18-19H,3,6-7,9-10,12-17H2,1-2H3,(H2,22,24,25). The third-order valence-corrected chi connectivity index (χ3v) is 5.61. The van der Waals surface area contributed by atoms with Crippen molar-refractivity contribution < 1.29 is 0 Å². The Kier molecular flexibility index (Phi) is 7.90. The molecule has 1 aromatic heterocycles. The highest BCUT2D eigenvalue weighted by molar-refractivity contribution is 5.80. The van der Waals surface area contributed by atoms with Gasteiger partial charge in [0.05, 0.1) is 5.69 Å². The lowest BCUT2D eigenvalue weighted by Gasteiger charge is -2.33. The number of aromatic nitrogens is 1. The summed E-state index contributed by atoms with van der Waals surface area (Å²) in [6, 6.07) is 6.67. The van der Waals surface area contributed by atoms with Crippen LogP contribution in [0.1, 0.15) is 38.3 Å². The summed E-state index contributed by atoms with van der Waals surface area (Å²) < 4.78 is 0. The van der Waals surface area contributed by atoms with Gasteiger partial charge in [0.2, 0.25) is 0 Å². The molecule has 2 saturated heterocycles. The summed E-state index contributed by atoms with van der Waals surface area (Å²) in [5.74, 6) is 1.69. The van der Waals surface area contributed by atoms with E-state index in [0.717, 1.165) is 57.2 Å². The highest BCUT2D eigenvalue weighted by Gasteiger charge is 2.21. The van der Waals surface area contributed by atoms with Crippen LogP contribution in [0.3, 0.4) is 0 Å². The number of guanidine groups is 1. The highest BCUT2D eigenvalue weighted by Crippen LogP contribution is 2.16. The minimum Gasteiger partial charge on any atom is -0.357 e. The number of nitrogens with one attached hydrogen (secondary N) is 2. The Labute approximate surface area is 164 Å². The van der Waals surface area contributed by atoms with Crippen molar-refractivity contribution in [3.63, 3.8) is 0 Å². The first-order valence-corrected chi connectivity index (χ1v) is 10.6. The quantitative estimate of drug-likeness (QED) is 0.590. The molecule has 150 valence electrons. The minimum absolute atomic E-state index is 0.511. The molecule has 2 aliphatic rings. The van der Waals surface area contributed by atoms with Crippen LogP contribution in [0.5, 0.6) is 0 Å². The van der Waals surface area contributed by atoms with Gasteiger partial charge >= 0.3 is 0 Å². The normalized spacial score (nSPS) is 23.3. The van der Waals surface area contributed by atoms with E-state index in [1.807, 2.05) is 12.3 Å². The molecule has 0 saturated carbocycles. The molecule has 0 aliphatic carbocycles. The van der Waals surface area contributed by atoms with E-state index in [1.165, 1.54) is 25.9 Å². The molecule has 0 spiro atoms. The fourth-order valence-corrected chi connectivity index (χ4v) is 4.11. The molecule has 0 radical (unpaired) electrons. The molecule has 6 heteroatoms. The first kappa shape index (κ1) is 20.1. The van der Waals surface area contributed by atoms with Gasteiger partial charge in [0.1, 0.15) is 0 Å². The molecule has 0 aromatic carbocycles. The molecular weight excluding hydrogens is 336 g/mol. The monoisotopic (exact) mass is 372 g/mol. The first-order valence-electron chi connectivity index (χ1n) is 10.6. The zero-order chi connectivity index (χ0) is 18.9. The van der Waals surface area contributed by atoms with Crippen LogP contribution in [-0.2, 0) is 6.54 Å². The summed E-state index contributed by atoms with van der Waals surface area (Å²) in [6.45, 7) is 9.57. The van der Waals surface area contributed by atoms with Crippen LogP contribution < -0.4 is 10.6 Å². The Hall–Kier alpha value is -1.66. The number of pyridine rings is 1. The molecule has 0 bridgehead atoms. The van der Waals surface area contributed by atoms with E-state index in [-0.39, 0.29) is 0 Å². The van der Waals surface area contributed by atoms with Crippen LogP contribution >= 0.6 is 0 Å². The fraction of sp³-hybridized carbons (Fsp3) is 0.714. The lowest BCUT2D eigenvalue weighted by atomic mass is 9.99. The SMILES string of the molecule is CCNC(=NCC1CCCN(C)C1)NC1CCN(Cc2ccccn2)CC1. The van der Waals surface area contributed by atoms with Crippen LogP contribution in [-0.4, -0.2) is 73.1 Å². The van der Waals surface area contributed by atoms with Crippen molar-refractivity contribution in [2.75, 3.05) is 46.3 Å². The second-order valence-corrected chi connectivity index (χ2v) is 8.01. The van der Waals surface area contributed by atoms with Gasteiger partial charge in [0.25, 0.3) is 0 Å². The summed E-state index contributed by atoms with van der Waals surface area (Å²) >= 11 is 0. The Morgan fingerprint density at radius 3 is 2.78 bits per heavy atom. The molecule has 3 rings (SSSR count). The summed E-state index contributed by atoms with van der Waals surface area (Å²) in [4.78, 5) is 14.3. The van der Waals surface area contributed by atoms with Gasteiger partial charge < -0.3 is 15.5 Å². The predicted molar refractivity (Wildman–Crippen MR) is 112 cm³/mol. The van der Waals surface area contributed by atoms with Crippen molar-refractivity contribution in [3.8, 4) is 0 Å². The Balaban J connectivity index is 1.44. The van der Waals surface area contributed by atoms with Crippen LogP contribution in [0.4, 0.5) is 0 Å². The van der Waals surface area contributed by atoms with Gasteiger partial charge in [-0.3, -0.25) is 14.9 Å². The predicted octanol–water partition coefficient (Wildman–Crippen LogP) is 1.94. The number of nitrogens with zero attached hydrogens (tertiary/aromatic N) is 4. The lowest BCUT2D eigenvalue weighted by molar-refractivity contribution is 0.196. The number of aliphatic imine (C=N–C) groups is 1. The summed E-state index contributed by atoms with van der Waals surface area (Å²) in [6.07, 6.45) is 6.80. The zero-order valence-electron chi connectivity index (χ0n) is 17.0. The van der Waals surface area contributed by atoms with E-state index in [1.54, 1.807) is 0 Å². The number of likely N-dealkylation sites (tertiary alicyclic amines) is 2. The number of piperidine rings is 2. The Bertz CT molecular complexity index is 567. The molecule has 27 heavy (non-hydrogen) atoms. The Morgan fingerprint density at radius 2 is 2.07 bits per heavy atom. The molecule has 2 aliphatic heterocycles. The summed E-state index contributed by atoms with van der Waals surface area (Å²) in [5, 5.41) is 7.11. The molecule has 0 amide bonds. The van der Waals surface area contributed by atoms with Gasteiger partial charge in [-0.2, -0.15) is 0 Å². The van der Waals surface area contributed by atoms with Crippen molar-refractivity contribution in [1.82, 2.24) is 25.4 Å². The second-order valence-electron chi connectivity index (χ2n) is 8.01. The van der Waals surface area contributed by atoms with Crippen LogP contribution in [0, 0.1) is 5.92 Å². The van der Waals surface area contributed by atoms with Crippen molar-refractivity contribution in [1.29, 1.82) is 0 Å². The van der Waals surface area contributed by atoms with Crippen molar-refractivity contribution in [2.24, 2.45) is 10.9 Å². The fourth-order valence-electron chi connectivity index (χ4n) is 4.11. The van der Waals surface area contributed by atoms with Crippen molar-refractivity contribution >= 4 is 5.96 Å². The van der Waals surface area contributed by atoms with Crippen LogP contribution in [0.15, 0.2) is 29.4 Å². The number of rotatable bonds is 6.